The Labute approximate surface area is 132 Å². The molecule has 1 heterocycles. The predicted octanol–water partition coefficient (Wildman–Crippen LogP) is 2.63. The fraction of sp³-hybridized carbons (Fsp3) is 0.250. The molecule has 0 saturated heterocycles. The van der Waals surface area contributed by atoms with E-state index < -0.39 is 10.0 Å². The number of hydrogen-bond acceptors (Lipinski definition) is 4. The maximum Gasteiger partial charge on any atom is 0.263 e. The molecular formula is C12H14Cl2N4O2S. The van der Waals surface area contributed by atoms with Gasteiger partial charge in [0, 0.05) is 23.3 Å². The first-order chi connectivity index (χ1) is 9.95. The van der Waals surface area contributed by atoms with Crippen molar-refractivity contribution in [3.05, 3.63) is 40.1 Å². The van der Waals surface area contributed by atoms with Gasteiger partial charge in [-0.25, -0.2) is 8.42 Å². The summed E-state index contributed by atoms with van der Waals surface area (Å²) in [6.45, 7) is 3.04. The summed E-state index contributed by atoms with van der Waals surface area (Å²) in [6, 6.07) is 2.90. The van der Waals surface area contributed by atoms with Gasteiger partial charge in [0.25, 0.3) is 10.0 Å². The van der Waals surface area contributed by atoms with E-state index in [2.05, 4.69) is 20.2 Å². The van der Waals surface area contributed by atoms with Crippen LogP contribution >= 0.6 is 23.2 Å². The van der Waals surface area contributed by atoms with E-state index in [1.54, 1.807) is 0 Å². The van der Waals surface area contributed by atoms with Gasteiger partial charge in [0.1, 0.15) is 4.90 Å². The number of benzene rings is 1. The Bertz CT molecular complexity index is 717. The molecule has 2 aromatic rings. The second-order valence-electron chi connectivity index (χ2n) is 4.21. The summed E-state index contributed by atoms with van der Waals surface area (Å²) in [4.78, 5) is -0.0253. The average molecular weight is 349 g/mol. The standard InChI is InChI=1S/C12H14Cl2N4O2S/c1-2-15-7-9-10(13)3-4-11(12(9)14)21(19,20)18-8-5-16-17-6-8/h3-6,15,18H,2,7H2,1H3,(H,16,17). The first-order valence-electron chi connectivity index (χ1n) is 6.15. The van der Waals surface area contributed by atoms with E-state index in [4.69, 9.17) is 23.2 Å². The third-order valence-electron chi connectivity index (χ3n) is 2.74. The lowest BCUT2D eigenvalue weighted by Gasteiger charge is -2.13. The van der Waals surface area contributed by atoms with Crippen molar-refractivity contribution in [1.29, 1.82) is 0 Å². The highest BCUT2D eigenvalue weighted by molar-refractivity contribution is 7.92. The van der Waals surface area contributed by atoms with Gasteiger partial charge in [0.15, 0.2) is 0 Å². The summed E-state index contributed by atoms with van der Waals surface area (Å²) in [6.07, 6.45) is 2.79. The normalized spacial score (nSPS) is 11.6. The lowest BCUT2D eigenvalue weighted by Crippen LogP contribution is -2.16. The maximum absolute atomic E-state index is 12.4. The zero-order valence-electron chi connectivity index (χ0n) is 11.2. The molecule has 0 bridgehead atoms. The van der Waals surface area contributed by atoms with Gasteiger partial charge >= 0.3 is 0 Å². The highest BCUT2D eigenvalue weighted by Crippen LogP contribution is 2.31. The minimum absolute atomic E-state index is 0.0253. The molecule has 0 atom stereocenters. The van der Waals surface area contributed by atoms with E-state index in [-0.39, 0.29) is 9.92 Å². The van der Waals surface area contributed by atoms with Crippen molar-refractivity contribution in [2.24, 2.45) is 0 Å². The molecule has 9 heteroatoms. The van der Waals surface area contributed by atoms with Gasteiger partial charge in [-0.2, -0.15) is 5.10 Å². The van der Waals surface area contributed by atoms with Crippen LogP contribution in [0, 0.1) is 0 Å². The number of anilines is 1. The van der Waals surface area contributed by atoms with Crippen molar-refractivity contribution in [3.8, 4) is 0 Å². The van der Waals surface area contributed by atoms with Crippen LogP contribution in [0.25, 0.3) is 0 Å². The largest absolute Gasteiger partial charge is 0.313 e. The van der Waals surface area contributed by atoms with Crippen LogP contribution < -0.4 is 10.0 Å². The molecule has 3 N–H and O–H groups in total. The van der Waals surface area contributed by atoms with Crippen LogP contribution in [0.5, 0.6) is 0 Å². The molecule has 1 aromatic carbocycles. The number of aromatic amines is 1. The summed E-state index contributed by atoms with van der Waals surface area (Å²) < 4.78 is 27.1. The van der Waals surface area contributed by atoms with Crippen molar-refractivity contribution in [1.82, 2.24) is 15.5 Å². The van der Waals surface area contributed by atoms with Gasteiger partial charge in [-0.1, -0.05) is 30.1 Å². The second kappa shape index (κ2) is 6.65. The Morgan fingerprint density at radius 3 is 2.71 bits per heavy atom. The lowest BCUT2D eigenvalue weighted by molar-refractivity contribution is 0.601. The number of rotatable bonds is 6. The molecule has 1 aromatic heterocycles. The van der Waals surface area contributed by atoms with Crippen molar-refractivity contribution < 1.29 is 8.42 Å². The van der Waals surface area contributed by atoms with Crippen LogP contribution in [0.15, 0.2) is 29.4 Å². The van der Waals surface area contributed by atoms with E-state index in [0.29, 0.717) is 22.8 Å². The second-order valence-corrected chi connectivity index (χ2v) is 6.65. The molecular weight excluding hydrogens is 335 g/mol. The van der Waals surface area contributed by atoms with Crippen LogP contribution in [-0.4, -0.2) is 25.2 Å². The average Bonchev–Trinajstić information content (AvgIpc) is 2.90. The number of aromatic nitrogens is 2. The summed E-state index contributed by atoms with van der Waals surface area (Å²) >= 11 is 12.3. The van der Waals surface area contributed by atoms with E-state index in [1.807, 2.05) is 6.92 Å². The van der Waals surface area contributed by atoms with Crippen LogP contribution in [0.1, 0.15) is 12.5 Å². The molecule has 0 aliphatic carbocycles. The highest BCUT2D eigenvalue weighted by Gasteiger charge is 2.22. The van der Waals surface area contributed by atoms with Crippen LogP contribution in [0.4, 0.5) is 5.69 Å². The van der Waals surface area contributed by atoms with Gasteiger partial charge in [-0.3, -0.25) is 9.82 Å². The Balaban J connectivity index is 2.39. The van der Waals surface area contributed by atoms with Crippen molar-refractivity contribution in [2.75, 3.05) is 11.3 Å². The fourth-order valence-corrected chi connectivity index (χ4v) is 3.66. The molecule has 0 saturated carbocycles. The number of nitrogens with one attached hydrogen (secondary N) is 3. The summed E-state index contributed by atoms with van der Waals surface area (Å²) in [5.74, 6) is 0. The smallest absolute Gasteiger partial charge is 0.263 e. The molecule has 0 aliphatic rings. The van der Waals surface area contributed by atoms with E-state index >= 15 is 0 Å². The summed E-state index contributed by atoms with van der Waals surface area (Å²) in [5.41, 5.74) is 0.879. The lowest BCUT2D eigenvalue weighted by atomic mass is 10.2. The molecule has 0 fully saturated rings. The number of hydrogen-bond donors (Lipinski definition) is 3. The molecule has 6 nitrogen and oxygen atoms in total. The van der Waals surface area contributed by atoms with Gasteiger partial charge in [0.05, 0.1) is 16.9 Å². The number of halogens is 2. The Hall–Kier alpha value is -1.28. The SMILES string of the molecule is CCNCc1c(Cl)ccc(S(=O)(=O)Nc2cn[nH]c2)c1Cl. The van der Waals surface area contributed by atoms with Crippen molar-refractivity contribution in [2.45, 2.75) is 18.4 Å². The van der Waals surface area contributed by atoms with Crippen molar-refractivity contribution >= 4 is 38.9 Å². The van der Waals surface area contributed by atoms with Crippen molar-refractivity contribution in [3.63, 3.8) is 0 Å². The highest BCUT2D eigenvalue weighted by atomic mass is 35.5. The molecule has 0 spiro atoms. The van der Waals surface area contributed by atoms with E-state index in [1.165, 1.54) is 24.5 Å². The number of sulfonamides is 1. The van der Waals surface area contributed by atoms with Crippen LogP contribution in [0.2, 0.25) is 10.0 Å². The molecule has 0 aliphatic heterocycles. The monoisotopic (exact) mass is 348 g/mol. The van der Waals surface area contributed by atoms with Gasteiger partial charge in [0.2, 0.25) is 0 Å². The fourth-order valence-electron chi connectivity index (χ4n) is 1.71. The first-order valence-corrected chi connectivity index (χ1v) is 8.38. The van der Waals surface area contributed by atoms with E-state index in [0.717, 1.165) is 6.54 Å². The zero-order valence-corrected chi connectivity index (χ0v) is 13.5. The van der Waals surface area contributed by atoms with E-state index in [9.17, 15) is 8.42 Å². The van der Waals surface area contributed by atoms with Gasteiger partial charge in [-0.05, 0) is 18.7 Å². The maximum atomic E-state index is 12.4. The minimum atomic E-state index is -3.81. The molecule has 2 rings (SSSR count). The topological polar surface area (TPSA) is 86.9 Å². The quantitative estimate of drug-likeness (QED) is 0.748. The zero-order chi connectivity index (χ0) is 15.5. The molecule has 0 radical (unpaired) electrons. The van der Waals surface area contributed by atoms with Gasteiger partial charge in [-0.15, -0.1) is 0 Å². The van der Waals surface area contributed by atoms with Crippen LogP contribution in [-0.2, 0) is 16.6 Å². The number of H-pyrrole nitrogens is 1. The minimum Gasteiger partial charge on any atom is -0.313 e. The third-order valence-corrected chi connectivity index (χ3v) is 5.06. The Morgan fingerprint density at radius 1 is 1.33 bits per heavy atom. The molecule has 114 valence electrons. The third kappa shape index (κ3) is 3.68. The molecule has 0 unspecified atom stereocenters. The predicted molar refractivity (Wildman–Crippen MR) is 83.2 cm³/mol. The first kappa shape index (κ1) is 16.1. The van der Waals surface area contributed by atoms with Crippen LogP contribution in [0.3, 0.4) is 0 Å². The Morgan fingerprint density at radius 2 is 2.10 bits per heavy atom. The summed E-state index contributed by atoms with van der Waals surface area (Å²) in [7, 11) is -3.81. The molecule has 0 amide bonds. The Kier molecular flexibility index (Phi) is 5.10. The van der Waals surface area contributed by atoms with Gasteiger partial charge < -0.3 is 5.32 Å². The number of nitrogens with zero attached hydrogens (tertiary/aromatic N) is 1. The molecule has 21 heavy (non-hydrogen) atoms. The summed E-state index contributed by atoms with van der Waals surface area (Å²) in [5, 5.41) is 9.81.